The van der Waals surface area contributed by atoms with E-state index < -0.39 is 23.7 Å². The van der Waals surface area contributed by atoms with E-state index >= 15 is 0 Å². The predicted octanol–water partition coefficient (Wildman–Crippen LogP) is 6.53. The standard InChI is InChI=1S/C15H17F3N4.C7H7F3N2.C2H6/c1-19-10-5-7-11(8-6-10)20-13-3-2-4-14-21-12(9-22(13)14)15(16,17)18;1-3-5-4-12(2)11-6(5)7(8,9)10;1-2/h2-4,7,9-10,19-20H,5-6,8H2,1H3;3-4H,1H2,2H3;1-2H3. The summed E-state index contributed by atoms with van der Waals surface area (Å²) in [7, 11) is 3.37. The molecule has 0 bridgehead atoms. The number of fused-ring (bicyclic) bond motifs is 1. The molecule has 0 spiro atoms. The number of aryl methyl sites for hydroxylation is 1. The van der Waals surface area contributed by atoms with E-state index in [0.717, 1.165) is 41.9 Å². The molecule has 12 heteroatoms. The summed E-state index contributed by atoms with van der Waals surface area (Å²) in [5.41, 5.74) is -0.456. The van der Waals surface area contributed by atoms with Crippen molar-refractivity contribution in [3.05, 3.63) is 65.9 Å². The van der Waals surface area contributed by atoms with Crippen LogP contribution in [0.4, 0.5) is 32.2 Å². The number of halogens is 6. The van der Waals surface area contributed by atoms with Gasteiger partial charge in [-0.2, -0.15) is 31.4 Å². The zero-order valence-corrected chi connectivity index (χ0v) is 20.5. The van der Waals surface area contributed by atoms with E-state index in [9.17, 15) is 26.3 Å². The van der Waals surface area contributed by atoms with Crippen LogP contribution in [0.5, 0.6) is 0 Å². The lowest BCUT2D eigenvalue weighted by molar-refractivity contribution is -0.142. The van der Waals surface area contributed by atoms with Crippen molar-refractivity contribution in [1.29, 1.82) is 0 Å². The van der Waals surface area contributed by atoms with E-state index in [4.69, 9.17) is 0 Å². The first-order valence-electron chi connectivity index (χ1n) is 11.3. The third-order valence-electron chi connectivity index (χ3n) is 5.24. The van der Waals surface area contributed by atoms with Crippen molar-refractivity contribution in [2.45, 2.75) is 51.5 Å². The van der Waals surface area contributed by atoms with Crippen molar-refractivity contribution in [2.24, 2.45) is 7.05 Å². The Morgan fingerprint density at radius 1 is 1.08 bits per heavy atom. The molecule has 2 N–H and O–H groups in total. The average molecular weight is 517 g/mol. The minimum atomic E-state index is -4.44. The first kappa shape index (κ1) is 29.0. The molecule has 1 aliphatic carbocycles. The molecule has 1 atom stereocenters. The smallest absolute Gasteiger partial charge is 0.345 e. The molecule has 0 aromatic carbocycles. The van der Waals surface area contributed by atoms with Crippen LogP contribution in [0.3, 0.4) is 0 Å². The number of imidazole rings is 1. The molecular formula is C24H30F6N6. The largest absolute Gasteiger partial charge is 0.435 e. The van der Waals surface area contributed by atoms with Gasteiger partial charge in [0.1, 0.15) is 11.5 Å². The van der Waals surface area contributed by atoms with Crippen molar-refractivity contribution in [1.82, 2.24) is 24.5 Å². The first-order chi connectivity index (χ1) is 16.9. The number of allylic oxidation sites excluding steroid dienone is 1. The maximum Gasteiger partial charge on any atom is 0.435 e. The van der Waals surface area contributed by atoms with Gasteiger partial charge in [0.15, 0.2) is 11.4 Å². The third kappa shape index (κ3) is 7.36. The quantitative estimate of drug-likeness (QED) is 0.387. The van der Waals surface area contributed by atoms with E-state index in [-0.39, 0.29) is 11.2 Å². The van der Waals surface area contributed by atoms with Gasteiger partial charge in [0.2, 0.25) is 0 Å². The average Bonchev–Trinajstić information content (AvgIpc) is 3.45. The summed E-state index contributed by atoms with van der Waals surface area (Å²) < 4.78 is 77.3. The molecule has 4 rings (SSSR count). The molecule has 0 fully saturated rings. The first-order valence-corrected chi connectivity index (χ1v) is 11.3. The van der Waals surface area contributed by atoms with Crippen LogP contribution in [-0.4, -0.2) is 32.3 Å². The number of pyridine rings is 1. The maximum atomic E-state index is 12.8. The van der Waals surface area contributed by atoms with Crippen LogP contribution in [0.2, 0.25) is 0 Å². The van der Waals surface area contributed by atoms with Crippen LogP contribution in [0.1, 0.15) is 50.1 Å². The van der Waals surface area contributed by atoms with Gasteiger partial charge in [-0.3, -0.25) is 9.08 Å². The van der Waals surface area contributed by atoms with Gasteiger partial charge in [-0.05, 0) is 38.4 Å². The highest BCUT2D eigenvalue weighted by molar-refractivity contribution is 5.54. The second-order valence-corrected chi connectivity index (χ2v) is 7.69. The second kappa shape index (κ2) is 12.1. The summed E-state index contributed by atoms with van der Waals surface area (Å²) in [6.45, 7) is 7.27. The third-order valence-corrected chi connectivity index (χ3v) is 5.24. The van der Waals surface area contributed by atoms with Crippen molar-refractivity contribution in [3.8, 4) is 0 Å². The van der Waals surface area contributed by atoms with Gasteiger partial charge < -0.3 is 10.6 Å². The number of hydrogen-bond donors (Lipinski definition) is 2. The molecule has 3 aromatic heterocycles. The summed E-state index contributed by atoms with van der Waals surface area (Å²) >= 11 is 0. The zero-order valence-electron chi connectivity index (χ0n) is 20.5. The number of rotatable bonds is 4. The summed E-state index contributed by atoms with van der Waals surface area (Å²) in [6, 6.07) is 5.48. The van der Waals surface area contributed by atoms with Gasteiger partial charge >= 0.3 is 12.4 Å². The van der Waals surface area contributed by atoms with E-state index in [0.29, 0.717) is 11.9 Å². The number of aromatic nitrogens is 4. The number of nitrogens with one attached hydrogen (secondary N) is 2. The topological polar surface area (TPSA) is 59.2 Å². The molecule has 36 heavy (non-hydrogen) atoms. The van der Waals surface area contributed by atoms with E-state index in [1.165, 1.54) is 17.6 Å². The molecule has 3 aromatic rings. The zero-order chi connectivity index (χ0) is 27.1. The fourth-order valence-electron chi connectivity index (χ4n) is 3.50. The normalized spacial score (nSPS) is 15.8. The molecular weight excluding hydrogens is 486 g/mol. The Balaban J connectivity index is 0.000000277. The number of nitrogens with zero attached hydrogens (tertiary/aromatic N) is 4. The highest BCUT2D eigenvalue weighted by atomic mass is 19.4. The summed E-state index contributed by atoms with van der Waals surface area (Å²) in [6.07, 6.45) is -0.537. The molecule has 3 heterocycles. The van der Waals surface area contributed by atoms with Crippen LogP contribution in [0.25, 0.3) is 11.7 Å². The fourth-order valence-corrected chi connectivity index (χ4v) is 3.50. The second-order valence-electron chi connectivity index (χ2n) is 7.69. The van der Waals surface area contributed by atoms with Crippen LogP contribution in [0, 0.1) is 0 Å². The van der Waals surface area contributed by atoms with Crippen molar-refractivity contribution in [3.63, 3.8) is 0 Å². The van der Waals surface area contributed by atoms with Crippen molar-refractivity contribution < 1.29 is 26.3 Å². The molecule has 0 amide bonds. The van der Waals surface area contributed by atoms with Crippen LogP contribution >= 0.6 is 0 Å². The number of alkyl halides is 6. The highest BCUT2D eigenvalue weighted by Crippen LogP contribution is 2.31. The summed E-state index contributed by atoms with van der Waals surface area (Å²) in [4.78, 5) is 3.63. The van der Waals surface area contributed by atoms with Gasteiger partial charge in [0.05, 0.1) is 0 Å². The lowest BCUT2D eigenvalue weighted by atomic mass is 9.99. The maximum absolute atomic E-state index is 12.8. The molecule has 0 radical (unpaired) electrons. The Kier molecular flexibility index (Phi) is 9.74. The van der Waals surface area contributed by atoms with E-state index in [2.05, 4.69) is 33.4 Å². The minimum Gasteiger partial charge on any atom is -0.345 e. The van der Waals surface area contributed by atoms with Crippen LogP contribution in [0.15, 0.2) is 48.9 Å². The molecule has 0 saturated heterocycles. The Bertz CT molecular complexity index is 1170. The lowest BCUT2D eigenvalue weighted by Crippen LogP contribution is -2.27. The molecule has 0 aliphatic heterocycles. The molecule has 0 saturated carbocycles. The Hall–Kier alpha value is -3.28. The van der Waals surface area contributed by atoms with Crippen LogP contribution in [-0.2, 0) is 19.4 Å². The van der Waals surface area contributed by atoms with Gasteiger partial charge in [-0.25, -0.2) is 4.98 Å². The number of anilines is 1. The minimum absolute atomic E-state index is 0.00463. The van der Waals surface area contributed by atoms with Crippen molar-refractivity contribution >= 4 is 17.5 Å². The predicted molar refractivity (Wildman–Crippen MR) is 128 cm³/mol. The summed E-state index contributed by atoms with van der Waals surface area (Å²) in [5.74, 6) is 0.592. The Morgan fingerprint density at radius 2 is 1.78 bits per heavy atom. The van der Waals surface area contributed by atoms with Crippen molar-refractivity contribution in [2.75, 3.05) is 12.4 Å². The highest BCUT2D eigenvalue weighted by Gasteiger charge is 2.36. The monoisotopic (exact) mass is 516 g/mol. The molecule has 6 nitrogen and oxygen atoms in total. The lowest BCUT2D eigenvalue weighted by Gasteiger charge is -2.22. The number of hydrogen-bond acceptors (Lipinski definition) is 4. The van der Waals surface area contributed by atoms with Gasteiger partial charge in [-0.1, -0.05) is 38.6 Å². The molecule has 1 aliphatic rings. The molecule has 198 valence electrons. The fraction of sp³-hybridized carbons (Fsp3) is 0.417. The van der Waals surface area contributed by atoms with E-state index in [1.54, 1.807) is 18.2 Å². The van der Waals surface area contributed by atoms with Crippen LogP contribution < -0.4 is 10.6 Å². The molecule has 1 unspecified atom stereocenters. The van der Waals surface area contributed by atoms with Gasteiger partial charge in [0, 0.05) is 36.7 Å². The Labute approximate surface area is 205 Å². The van der Waals surface area contributed by atoms with Gasteiger partial charge in [0.25, 0.3) is 0 Å². The van der Waals surface area contributed by atoms with E-state index in [1.807, 2.05) is 20.9 Å². The van der Waals surface area contributed by atoms with Gasteiger partial charge in [-0.15, -0.1) is 0 Å². The Morgan fingerprint density at radius 3 is 2.28 bits per heavy atom. The summed E-state index contributed by atoms with van der Waals surface area (Å²) in [5, 5.41) is 9.72. The SMILES string of the molecule is C=Cc1cn(C)nc1C(F)(F)F.CC.CNC1CC=C(Nc2cccc3nc(C(F)(F)F)cn23)CC1.